The van der Waals surface area contributed by atoms with Crippen LogP contribution in [-0.4, -0.2) is 17.7 Å². The van der Waals surface area contributed by atoms with E-state index in [1.165, 1.54) is 22.3 Å². The molecule has 1 aromatic heterocycles. The summed E-state index contributed by atoms with van der Waals surface area (Å²) in [6, 6.07) is 18.8. The van der Waals surface area contributed by atoms with E-state index in [0.29, 0.717) is 12.5 Å². The molecule has 1 heterocycles. The van der Waals surface area contributed by atoms with Crippen molar-refractivity contribution in [3.05, 3.63) is 78.1 Å². The zero-order chi connectivity index (χ0) is 19.9. The molecule has 0 aliphatic rings. The molecule has 1 atom stereocenters. The van der Waals surface area contributed by atoms with Crippen molar-refractivity contribution in [2.24, 2.45) is 5.92 Å². The normalized spacial score (nSPS) is 12.0. The van der Waals surface area contributed by atoms with Gasteiger partial charge in [0.2, 0.25) is 0 Å². The molecule has 0 radical (unpaired) electrons. The molecule has 0 unspecified atom stereocenters. The second kappa shape index (κ2) is 9.41. The van der Waals surface area contributed by atoms with Gasteiger partial charge in [0, 0.05) is 12.4 Å². The van der Waals surface area contributed by atoms with Crippen LogP contribution in [-0.2, 0) is 6.42 Å². The van der Waals surface area contributed by atoms with Crippen LogP contribution >= 0.6 is 0 Å². The lowest BCUT2D eigenvalue weighted by atomic mass is 9.93. The molecule has 28 heavy (non-hydrogen) atoms. The van der Waals surface area contributed by atoms with E-state index in [0.717, 1.165) is 17.9 Å². The fourth-order valence-electron chi connectivity index (χ4n) is 3.30. The fraction of sp³-hybridized carbons (Fsp3) is 0.320. The lowest BCUT2D eigenvalue weighted by Gasteiger charge is -2.17. The molecule has 0 spiro atoms. The van der Waals surface area contributed by atoms with Crippen LogP contribution in [0.5, 0.6) is 11.5 Å². The topological polar surface area (TPSA) is 31.4 Å². The molecule has 0 N–H and O–H groups in total. The molecular formula is C25H29NO2. The second-order valence-corrected chi connectivity index (χ2v) is 7.71. The number of pyridine rings is 1. The van der Waals surface area contributed by atoms with Gasteiger partial charge in [0.05, 0.1) is 0 Å². The van der Waals surface area contributed by atoms with Crippen LogP contribution in [0.15, 0.2) is 67.0 Å². The summed E-state index contributed by atoms with van der Waals surface area (Å²) in [4.78, 5) is 4.01. The van der Waals surface area contributed by atoms with Gasteiger partial charge < -0.3 is 9.47 Å². The number of benzene rings is 2. The highest BCUT2D eigenvalue weighted by Gasteiger charge is 2.10. The highest BCUT2D eigenvalue weighted by Crippen LogP contribution is 2.30. The summed E-state index contributed by atoms with van der Waals surface area (Å²) in [5.74, 6) is 2.30. The minimum Gasteiger partial charge on any atom is -0.490 e. The monoisotopic (exact) mass is 375 g/mol. The smallest absolute Gasteiger partial charge is 0.130 e. The average molecular weight is 376 g/mol. The number of aromatic nitrogens is 1. The number of nitrogens with zero attached hydrogens (tertiary/aromatic N) is 1. The van der Waals surface area contributed by atoms with Gasteiger partial charge in [0.15, 0.2) is 0 Å². The maximum Gasteiger partial charge on any atom is 0.130 e. The molecule has 0 saturated heterocycles. The predicted molar refractivity (Wildman–Crippen MR) is 115 cm³/mol. The molecule has 0 bridgehead atoms. The number of ether oxygens (including phenoxy) is 2. The molecule has 2 aromatic carbocycles. The van der Waals surface area contributed by atoms with Gasteiger partial charge in [-0.3, -0.25) is 4.98 Å². The zero-order valence-electron chi connectivity index (χ0n) is 17.2. The van der Waals surface area contributed by atoms with E-state index in [2.05, 4.69) is 68.2 Å². The van der Waals surface area contributed by atoms with Crippen molar-refractivity contribution < 1.29 is 9.47 Å². The largest absolute Gasteiger partial charge is 0.490 e. The standard InChI is InChI=1S/C25H29NO2/c1-18(2)13-21-7-5-6-8-25(21)22-14-19(3)15-24(16-22)27-17-20(4)28-23-9-11-26-12-10-23/h5-12,14-16,18,20H,13,17H2,1-4H3/t20-/m0/s1. The Kier molecular flexibility index (Phi) is 6.70. The van der Waals surface area contributed by atoms with Crippen LogP contribution in [0, 0.1) is 12.8 Å². The Morgan fingerprint density at radius 1 is 0.893 bits per heavy atom. The lowest BCUT2D eigenvalue weighted by Crippen LogP contribution is -2.21. The maximum absolute atomic E-state index is 6.06. The van der Waals surface area contributed by atoms with Crippen molar-refractivity contribution in [2.45, 2.75) is 40.2 Å². The first-order valence-electron chi connectivity index (χ1n) is 9.90. The highest BCUT2D eigenvalue weighted by atomic mass is 16.5. The van der Waals surface area contributed by atoms with Crippen LogP contribution in [0.25, 0.3) is 11.1 Å². The Morgan fingerprint density at radius 2 is 1.64 bits per heavy atom. The quantitative estimate of drug-likeness (QED) is 0.476. The minimum atomic E-state index is -0.0559. The molecule has 3 nitrogen and oxygen atoms in total. The summed E-state index contributed by atoms with van der Waals surface area (Å²) in [6.07, 6.45) is 4.46. The average Bonchev–Trinajstić information content (AvgIpc) is 2.67. The Hall–Kier alpha value is -2.81. The van der Waals surface area contributed by atoms with Gasteiger partial charge in [0.25, 0.3) is 0 Å². The zero-order valence-corrected chi connectivity index (χ0v) is 17.2. The van der Waals surface area contributed by atoms with E-state index in [4.69, 9.17) is 9.47 Å². The summed E-state index contributed by atoms with van der Waals surface area (Å²) in [6.45, 7) is 9.11. The summed E-state index contributed by atoms with van der Waals surface area (Å²) in [5.41, 5.74) is 5.05. The van der Waals surface area contributed by atoms with Crippen molar-refractivity contribution in [3.63, 3.8) is 0 Å². The van der Waals surface area contributed by atoms with E-state index >= 15 is 0 Å². The molecule has 0 aliphatic carbocycles. The number of aryl methyl sites for hydroxylation is 1. The number of rotatable bonds is 8. The van der Waals surface area contributed by atoms with Crippen molar-refractivity contribution >= 4 is 0 Å². The first-order valence-corrected chi connectivity index (χ1v) is 9.90. The van der Waals surface area contributed by atoms with E-state index in [9.17, 15) is 0 Å². The van der Waals surface area contributed by atoms with Gasteiger partial charge in [-0.2, -0.15) is 0 Å². The SMILES string of the molecule is Cc1cc(OC[C@H](C)Oc2ccncc2)cc(-c2ccccc2CC(C)C)c1. The number of hydrogen-bond acceptors (Lipinski definition) is 3. The van der Waals surface area contributed by atoms with E-state index in [1.54, 1.807) is 12.4 Å². The highest BCUT2D eigenvalue weighted by molar-refractivity contribution is 5.69. The minimum absolute atomic E-state index is 0.0559. The van der Waals surface area contributed by atoms with Crippen LogP contribution in [0.4, 0.5) is 0 Å². The summed E-state index contributed by atoms with van der Waals surface area (Å²) >= 11 is 0. The molecule has 3 aromatic rings. The molecule has 0 fully saturated rings. The fourth-order valence-corrected chi connectivity index (χ4v) is 3.30. The van der Waals surface area contributed by atoms with Gasteiger partial charge in [-0.1, -0.05) is 44.2 Å². The van der Waals surface area contributed by atoms with E-state index < -0.39 is 0 Å². The van der Waals surface area contributed by atoms with Crippen molar-refractivity contribution in [3.8, 4) is 22.6 Å². The number of hydrogen-bond donors (Lipinski definition) is 0. The Morgan fingerprint density at radius 3 is 2.39 bits per heavy atom. The Labute approximate surface area is 168 Å². The van der Waals surface area contributed by atoms with Crippen LogP contribution in [0.3, 0.4) is 0 Å². The molecule has 3 rings (SSSR count). The Bertz CT molecular complexity index is 890. The van der Waals surface area contributed by atoms with Crippen molar-refractivity contribution in [1.29, 1.82) is 0 Å². The van der Waals surface area contributed by atoms with Gasteiger partial charge in [-0.05, 0) is 72.7 Å². The van der Waals surface area contributed by atoms with Crippen LogP contribution < -0.4 is 9.47 Å². The summed E-state index contributed by atoms with van der Waals surface area (Å²) < 4.78 is 11.9. The molecule has 0 amide bonds. The van der Waals surface area contributed by atoms with E-state index in [1.807, 2.05) is 19.1 Å². The van der Waals surface area contributed by atoms with Gasteiger partial charge in [-0.25, -0.2) is 0 Å². The molecular weight excluding hydrogens is 346 g/mol. The Balaban J connectivity index is 1.73. The first-order chi connectivity index (χ1) is 13.5. The molecule has 0 saturated carbocycles. The first kappa shape index (κ1) is 19.9. The third kappa shape index (κ3) is 5.59. The van der Waals surface area contributed by atoms with Gasteiger partial charge >= 0.3 is 0 Å². The predicted octanol–water partition coefficient (Wildman–Crippen LogP) is 6.10. The molecule has 0 aliphatic heterocycles. The summed E-state index contributed by atoms with van der Waals surface area (Å²) in [7, 11) is 0. The van der Waals surface area contributed by atoms with Gasteiger partial charge in [-0.15, -0.1) is 0 Å². The van der Waals surface area contributed by atoms with Crippen molar-refractivity contribution in [2.75, 3.05) is 6.61 Å². The van der Waals surface area contributed by atoms with Crippen LogP contribution in [0.1, 0.15) is 31.9 Å². The third-order valence-electron chi connectivity index (χ3n) is 4.48. The molecule has 3 heteroatoms. The molecule has 146 valence electrons. The van der Waals surface area contributed by atoms with Gasteiger partial charge in [0.1, 0.15) is 24.2 Å². The maximum atomic E-state index is 6.06. The lowest BCUT2D eigenvalue weighted by molar-refractivity contribution is 0.143. The third-order valence-corrected chi connectivity index (χ3v) is 4.48. The van der Waals surface area contributed by atoms with Crippen LogP contribution in [0.2, 0.25) is 0 Å². The van der Waals surface area contributed by atoms with E-state index in [-0.39, 0.29) is 6.10 Å². The second-order valence-electron chi connectivity index (χ2n) is 7.71. The van der Waals surface area contributed by atoms with Crippen molar-refractivity contribution in [1.82, 2.24) is 4.98 Å². The summed E-state index contributed by atoms with van der Waals surface area (Å²) in [5, 5.41) is 0.